The zero-order chi connectivity index (χ0) is 20.5. The Morgan fingerprint density at radius 3 is 2.55 bits per heavy atom. The van der Waals surface area contributed by atoms with E-state index in [0.717, 1.165) is 10.5 Å². The standard InChI is InChI=1S/C21H18ClN3O3S/c1-24(2)21(26)15-11-19(25-13-14-5-3-4-6-18(14)29(25)27)23-20(12-15)28-17-9-7-16(22)8-10-17/h3-12H,13H2,1-2H3. The van der Waals surface area contributed by atoms with Crippen molar-refractivity contribution in [3.05, 3.63) is 76.8 Å². The first kappa shape index (κ1) is 19.4. The molecule has 6 nitrogen and oxygen atoms in total. The van der Waals surface area contributed by atoms with E-state index < -0.39 is 11.0 Å². The lowest BCUT2D eigenvalue weighted by atomic mass is 10.2. The molecule has 1 amide bonds. The van der Waals surface area contributed by atoms with Crippen LogP contribution in [-0.2, 0) is 17.5 Å². The first-order chi connectivity index (χ1) is 13.9. The molecular formula is C21H18ClN3O3S. The fraction of sp³-hybridized carbons (Fsp3) is 0.143. The SMILES string of the molecule is CN(C)C(=O)c1cc(Oc2ccc(Cl)cc2)nc(N2Cc3ccccc3S2=O)c1. The maximum absolute atomic E-state index is 13.0. The lowest BCUT2D eigenvalue weighted by Crippen LogP contribution is -2.24. The first-order valence-corrected chi connectivity index (χ1v) is 10.4. The van der Waals surface area contributed by atoms with E-state index in [0.29, 0.717) is 28.7 Å². The van der Waals surface area contributed by atoms with E-state index in [9.17, 15) is 9.00 Å². The van der Waals surface area contributed by atoms with E-state index in [2.05, 4.69) is 4.98 Å². The molecule has 29 heavy (non-hydrogen) atoms. The van der Waals surface area contributed by atoms with Crippen LogP contribution in [0.15, 0.2) is 65.6 Å². The quantitative estimate of drug-likeness (QED) is 0.623. The van der Waals surface area contributed by atoms with Gasteiger partial charge in [0.1, 0.15) is 11.6 Å². The summed E-state index contributed by atoms with van der Waals surface area (Å²) in [5, 5.41) is 0.591. The largest absolute Gasteiger partial charge is 0.439 e. The Kier molecular flexibility index (Phi) is 5.25. The average molecular weight is 428 g/mol. The number of halogens is 1. The molecular weight excluding hydrogens is 410 g/mol. The van der Waals surface area contributed by atoms with E-state index in [1.165, 1.54) is 4.90 Å². The van der Waals surface area contributed by atoms with Gasteiger partial charge in [-0.1, -0.05) is 29.8 Å². The molecule has 2 heterocycles. The normalized spacial score (nSPS) is 15.1. The van der Waals surface area contributed by atoms with Gasteiger partial charge in [0.15, 0.2) is 11.0 Å². The van der Waals surface area contributed by atoms with Gasteiger partial charge in [0, 0.05) is 30.7 Å². The van der Waals surface area contributed by atoms with Gasteiger partial charge in [-0.05, 0) is 42.0 Å². The smallest absolute Gasteiger partial charge is 0.253 e. The molecule has 0 radical (unpaired) electrons. The topological polar surface area (TPSA) is 62.7 Å². The van der Waals surface area contributed by atoms with Gasteiger partial charge in [0.05, 0.1) is 11.4 Å². The van der Waals surface area contributed by atoms with Gasteiger partial charge in [0.25, 0.3) is 5.91 Å². The zero-order valence-corrected chi connectivity index (χ0v) is 17.4. The third kappa shape index (κ3) is 3.97. The molecule has 8 heteroatoms. The number of anilines is 1. The average Bonchev–Trinajstić information content (AvgIpc) is 3.06. The van der Waals surface area contributed by atoms with Gasteiger partial charge in [-0.3, -0.25) is 9.10 Å². The molecule has 1 unspecified atom stereocenters. The lowest BCUT2D eigenvalue weighted by Gasteiger charge is -2.18. The number of amides is 1. The highest BCUT2D eigenvalue weighted by Gasteiger charge is 2.29. The zero-order valence-electron chi connectivity index (χ0n) is 15.8. The number of ether oxygens (including phenoxy) is 1. The van der Waals surface area contributed by atoms with Gasteiger partial charge in [-0.15, -0.1) is 0 Å². The molecule has 0 N–H and O–H groups in total. The van der Waals surface area contributed by atoms with Crippen molar-refractivity contribution in [2.24, 2.45) is 0 Å². The highest BCUT2D eigenvalue weighted by atomic mass is 35.5. The van der Waals surface area contributed by atoms with Crippen LogP contribution in [0.2, 0.25) is 5.02 Å². The minimum Gasteiger partial charge on any atom is -0.439 e. The predicted octanol–water partition coefficient (Wildman–Crippen LogP) is 4.27. The fourth-order valence-electron chi connectivity index (χ4n) is 2.98. The Bertz CT molecular complexity index is 1100. The molecule has 3 aromatic rings. The van der Waals surface area contributed by atoms with E-state index in [4.69, 9.17) is 16.3 Å². The summed E-state index contributed by atoms with van der Waals surface area (Å²) in [6, 6.07) is 17.6. The van der Waals surface area contributed by atoms with Crippen LogP contribution in [-0.4, -0.2) is 34.1 Å². The Morgan fingerprint density at radius 2 is 1.86 bits per heavy atom. The van der Waals surface area contributed by atoms with Crippen LogP contribution in [0.25, 0.3) is 0 Å². The number of benzene rings is 2. The second-order valence-electron chi connectivity index (χ2n) is 6.70. The fourth-order valence-corrected chi connectivity index (χ4v) is 4.41. The molecule has 148 valence electrons. The number of fused-ring (bicyclic) bond motifs is 1. The summed E-state index contributed by atoms with van der Waals surface area (Å²) in [7, 11) is 1.94. The van der Waals surface area contributed by atoms with Crippen LogP contribution in [0.4, 0.5) is 5.82 Å². The van der Waals surface area contributed by atoms with Crippen LogP contribution in [0, 0.1) is 0 Å². The van der Waals surface area contributed by atoms with Crippen molar-refractivity contribution in [1.29, 1.82) is 0 Å². The molecule has 1 aliphatic heterocycles. The minimum atomic E-state index is -1.40. The molecule has 0 bridgehead atoms. The molecule has 1 aromatic heterocycles. The van der Waals surface area contributed by atoms with E-state index in [1.54, 1.807) is 54.8 Å². The van der Waals surface area contributed by atoms with Crippen molar-refractivity contribution in [1.82, 2.24) is 9.88 Å². The molecule has 0 saturated heterocycles. The Balaban J connectivity index is 1.73. The molecule has 1 atom stereocenters. The summed E-state index contributed by atoms with van der Waals surface area (Å²) in [6.45, 7) is 0.440. The summed E-state index contributed by atoms with van der Waals surface area (Å²) >= 11 is 5.93. The number of carbonyl (C=O) groups is 1. The molecule has 2 aromatic carbocycles. The van der Waals surface area contributed by atoms with Crippen LogP contribution in [0.5, 0.6) is 11.6 Å². The van der Waals surface area contributed by atoms with Crippen molar-refractivity contribution in [3.8, 4) is 11.6 Å². The number of hydrogen-bond donors (Lipinski definition) is 0. The lowest BCUT2D eigenvalue weighted by molar-refractivity contribution is 0.0827. The monoisotopic (exact) mass is 427 g/mol. The molecule has 0 aliphatic carbocycles. The Labute approximate surface area is 176 Å². The van der Waals surface area contributed by atoms with Crippen molar-refractivity contribution < 1.29 is 13.7 Å². The van der Waals surface area contributed by atoms with E-state index >= 15 is 0 Å². The summed E-state index contributed by atoms with van der Waals surface area (Å²) in [6.07, 6.45) is 0. The van der Waals surface area contributed by atoms with Crippen LogP contribution >= 0.6 is 11.6 Å². The Hall–Kier alpha value is -2.90. The van der Waals surface area contributed by atoms with Gasteiger partial charge in [-0.25, -0.2) is 4.21 Å². The van der Waals surface area contributed by atoms with Crippen LogP contribution in [0.3, 0.4) is 0 Å². The second kappa shape index (κ2) is 7.85. The summed E-state index contributed by atoms with van der Waals surface area (Å²) in [4.78, 5) is 19.3. The van der Waals surface area contributed by atoms with E-state index in [-0.39, 0.29) is 11.8 Å². The summed E-state index contributed by atoms with van der Waals surface area (Å²) in [5.41, 5.74) is 1.37. The second-order valence-corrected chi connectivity index (χ2v) is 8.52. The number of carbonyl (C=O) groups excluding carboxylic acids is 1. The van der Waals surface area contributed by atoms with Crippen molar-refractivity contribution in [2.45, 2.75) is 11.4 Å². The molecule has 0 saturated carbocycles. The van der Waals surface area contributed by atoms with E-state index in [1.807, 2.05) is 24.3 Å². The highest BCUT2D eigenvalue weighted by molar-refractivity contribution is 7.86. The summed E-state index contributed by atoms with van der Waals surface area (Å²) in [5.74, 6) is 0.990. The van der Waals surface area contributed by atoms with Crippen molar-refractivity contribution in [3.63, 3.8) is 0 Å². The number of pyridine rings is 1. The van der Waals surface area contributed by atoms with Crippen LogP contribution in [0.1, 0.15) is 15.9 Å². The van der Waals surface area contributed by atoms with Crippen LogP contribution < -0.4 is 9.04 Å². The maximum Gasteiger partial charge on any atom is 0.253 e. The van der Waals surface area contributed by atoms with Crippen molar-refractivity contribution in [2.75, 3.05) is 18.4 Å². The van der Waals surface area contributed by atoms with Gasteiger partial charge >= 0.3 is 0 Å². The highest BCUT2D eigenvalue weighted by Crippen LogP contribution is 2.33. The Morgan fingerprint density at radius 1 is 1.14 bits per heavy atom. The maximum atomic E-state index is 13.0. The predicted molar refractivity (Wildman–Crippen MR) is 113 cm³/mol. The number of hydrogen-bond acceptors (Lipinski definition) is 4. The number of aromatic nitrogens is 1. The molecule has 4 rings (SSSR count). The third-order valence-corrected chi connectivity index (χ3v) is 6.15. The number of rotatable bonds is 4. The minimum absolute atomic E-state index is 0.197. The van der Waals surface area contributed by atoms with Gasteiger partial charge in [0.2, 0.25) is 5.88 Å². The molecule has 0 spiro atoms. The molecule has 1 aliphatic rings. The molecule has 0 fully saturated rings. The third-order valence-electron chi connectivity index (χ3n) is 4.41. The van der Waals surface area contributed by atoms with Crippen molar-refractivity contribution >= 4 is 34.3 Å². The summed E-state index contributed by atoms with van der Waals surface area (Å²) < 4.78 is 20.5. The van der Waals surface area contributed by atoms with Gasteiger partial charge < -0.3 is 9.64 Å². The first-order valence-electron chi connectivity index (χ1n) is 8.87. The number of nitrogens with zero attached hydrogens (tertiary/aromatic N) is 3. The van der Waals surface area contributed by atoms with Gasteiger partial charge in [-0.2, -0.15) is 4.98 Å².